The van der Waals surface area contributed by atoms with E-state index < -0.39 is 0 Å². The van der Waals surface area contributed by atoms with Crippen LogP contribution < -0.4 is 0 Å². The zero-order chi connectivity index (χ0) is 13.0. The third kappa shape index (κ3) is 2.70. The second kappa shape index (κ2) is 5.68. The van der Waals surface area contributed by atoms with E-state index >= 15 is 0 Å². The van der Waals surface area contributed by atoms with E-state index in [-0.39, 0.29) is 11.7 Å². The maximum Gasteiger partial charge on any atom is 0.316 e. The Morgan fingerprint density at radius 2 is 2.06 bits per heavy atom. The molecule has 5 nitrogen and oxygen atoms in total. The summed E-state index contributed by atoms with van der Waals surface area (Å²) >= 11 is 1.31. The normalized spacial score (nSPS) is 10.3. The van der Waals surface area contributed by atoms with Crippen molar-refractivity contribution in [2.75, 3.05) is 12.9 Å². The fraction of sp³-hybridized carbons (Fsp3) is 0.250. The Labute approximate surface area is 109 Å². The highest BCUT2D eigenvalue weighted by Crippen LogP contribution is 2.21. The van der Waals surface area contributed by atoms with Crippen molar-refractivity contribution < 1.29 is 9.53 Å². The van der Waals surface area contributed by atoms with Gasteiger partial charge in [0.25, 0.3) is 0 Å². The van der Waals surface area contributed by atoms with Gasteiger partial charge in [0.2, 0.25) is 0 Å². The summed E-state index contributed by atoms with van der Waals surface area (Å²) in [5.41, 5.74) is 0.979. The van der Waals surface area contributed by atoms with Gasteiger partial charge in [-0.2, -0.15) is 0 Å². The molecule has 0 N–H and O–H groups in total. The van der Waals surface area contributed by atoms with Gasteiger partial charge in [0.15, 0.2) is 5.16 Å². The topological polar surface area (TPSA) is 57.0 Å². The third-order valence-corrected chi connectivity index (χ3v) is 3.26. The number of carbonyl (C=O) groups excluding carboxylic acids is 1. The van der Waals surface area contributed by atoms with Crippen LogP contribution in [0, 0.1) is 6.92 Å². The van der Waals surface area contributed by atoms with Crippen LogP contribution in [0.4, 0.5) is 0 Å². The van der Waals surface area contributed by atoms with Crippen molar-refractivity contribution in [3.05, 3.63) is 36.2 Å². The van der Waals surface area contributed by atoms with E-state index in [1.165, 1.54) is 18.9 Å². The first-order valence-electron chi connectivity index (χ1n) is 5.39. The molecule has 0 atom stereocenters. The number of aromatic nitrogens is 3. The maximum atomic E-state index is 11.1. The van der Waals surface area contributed by atoms with E-state index in [9.17, 15) is 4.79 Å². The van der Waals surface area contributed by atoms with Crippen molar-refractivity contribution >= 4 is 17.7 Å². The van der Waals surface area contributed by atoms with Gasteiger partial charge in [-0.1, -0.05) is 30.0 Å². The number of ether oxygens (including phenoxy) is 1. The van der Waals surface area contributed by atoms with E-state index in [4.69, 9.17) is 0 Å². The Hall–Kier alpha value is -1.82. The fourth-order valence-corrected chi connectivity index (χ4v) is 2.32. The number of methoxy groups -OCH3 is 1. The maximum absolute atomic E-state index is 11.1. The molecule has 0 radical (unpaired) electrons. The molecule has 0 unspecified atom stereocenters. The molecule has 0 saturated heterocycles. The highest BCUT2D eigenvalue weighted by Gasteiger charge is 2.12. The highest BCUT2D eigenvalue weighted by atomic mass is 32.2. The average Bonchev–Trinajstić information content (AvgIpc) is 2.78. The molecular weight excluding hydrogens is 250 g/mol. The first-order valence-corrected chi connectivity index (χ1v) is 6.38. The molecule has 2 rings (SSSR count). The smallest absolute Gasteiger partial charge is 0.316 e. The number of nitrogens with zero attached hydrogens (tertiary/aromatic N) is 3. The lowest BCUT2D eigenvalue weighted by atomic mass is 10.3. The minimum absolute atomic E-state index is 0.224. The second-order valence-electron chi connectivity index (χ2n) is 3.57. The lowest BCUT2D eigenvalue weighted by Crippen LogP contribution is -2.05. The summed E-state index contributed by atoms with van der Waals surface area (Å²) in [6.07, 6.45) is 0. The van der Waals surface area contributed by atoms with Gasteiger partial charge in [0, 0.05) is 5.69 Å². The standard InChI is InChI=1S/C12H13N3O2S/c1-9-13-14-12(18-8-11(16)17-2)15(9)10-6-4-3-5-7-10/h3-7H,8H2,1-2H3. The zero-order valence-electron chi connectivity index (χ0n) is 10.2. The molecule has 1 heterocycles. The van der Waals surface area contributed by atoms with Crippen LogP contribution in [0.5, 0.6) is 0 Å². The predicted molar refractivity (Wildman–Crippen MR) is 68.8 cm³/mol. The van der Waals surface area contributed by atoms with Crippen LogP contribution in [0.2, 0.25) is 0 Å². The van der Waals surface area contributed by atoms with Gasteiger partial charge >= 0.3 is 5.97 Å². The molecule has 0 aliphatic rings. The monoisotopic (exact) mass is 263 g/mol. The SMILES string of the molecule is COC(=O)CSc1nnc(C)n1-c1ccccc1. The number of hydrogen-bond donors (Lipinski definition) is 0. The minimum Gasteiger partial charge on any atom is -0.468 e. The van der Waals surface area contributed by atoms with E-state index in [0.717, 1.165) is 11.5 Å². The van der Waals surface area contributed by atoms with E-state index in [1.807, 2.05) is 41.8 Å². The molecular formula is C12H13N3O2S. The fourth-order valence-electron chi connectivity index (χ4n) is 1.49. The first kappa shape index (κ1) is 12.6. The number of para-hydroxylation sites is 1. The van der Waals surface area contributed by atoms with Crippen molar-refractivity contribution in [3.8, 4) is 5.69 Å². The summed E-state index contributed by atoms with van der Waals surface area (Å²) in [7, 11) is 1.37. The molecule has 1 aromatic heterocycles. The Balaban J connectivity index is 2.25. The van der Waals surface area contributed by atoms with Gasteiger partial charge in [-0.15, -0.1) is 10.2 Å². The summed E-state index contributed by atoms with van der Waals surface area (Å²) in [4.78, 5) is 11.1. The number of rotatable bonds is 4. The van der Waals surface area contributed by atoms with Crippen molar-refractivity contribution in [1.82, 2.24) is 14.8 Å². The van der Waals surface area contributed by atoms with Crippen LogP contribution in [-0.4, -0.2) is 33.6 Å². The number of esters is 1. The molecule has 18 heavy (non-hydrogen) atoms. The molecule has 1 aromatic carbocycles. The molecule has 0 spiro atoms. The van der Waals surface area contributed by atoms with Gasteiger partial charge in [-0.3, -0.25) is 9.36 Å². The lowest BCUT2D eigenvalue weighted by Gasteiger charge is -2.07. The molecule has 2 aromatic rings. The molecule has 0 amide bonds. The molecule has 94 valence electrons. The Bertz CT molecular complexity index is 540. The summed E-state index contributed by atoms with van der Waals surface area (Å²) < 4.78 is 6.52. The van der Waals surface area contributed by atoms with Crippen LogP contribution in [0.1, 0.15) is 5.82 Å². The summed E-state index contributed by atoms with van der Waals surface area (Å²) in [5.74, 6) is 0.732. The second-order valence-corrected chi connectivity index (χ2v) is 4.51. The van der Waals surface area contributed by atoms with Crippen LogP contribution in [0.25, 0.3) is 5.69 Å². The highest BCUT2D eigenvalue weighted by molar-refractivity contribution is 7.99. The van der Waals surface area contributed by atoms with Gasteiger partial charge in [0.05, 0.1) is 12.9 Å². The van der Waals surface area contributed by atoms with E-state index in [0.29, 0.717) is 5.16 Å². The zero-order valence-corrected chi connectivity index (χ0v) is 11.0. The van der Waals surface area contributed by atoms with Gasteiger partial charge in [0.1, 0.15) is 5.82 Å². The molecule has 0 fully saturated rings. The largest absolute Gasteiger partial charge is 0.468 e. The van der Waals surface area contributed by atoms with Crippen LogP contribution >= 0.6 is 11.8 Å². The van der Waals surface area contributed by atoms with Crippen LogP contribution in [0.15, 0.2) is 35.5 Å². The molecule has 0 aliphatic heterocycles. The molecule has 0 aliphatic carbocycles. The minimum atomic E-state index is -0.278. The Kier molecular flexibility index (Phi) is 3.99. The van der Waals surface area contributed by atoms with Crippen LogP contribution in [-0.2, 0) is 9.53 Å². The number of hydrogen-bond acceptors (Lipinski definition) is 5. The molecule has 0 saturated carbocycles. The van der Waals surface area contributed by atoms with Crippen molar-refractivity contribution in [2.45, 2.75) is 12.1 Å². The van der Waals surface area contributed by atoms with Crippen LogP contribution in [0.3, 0.4) is 0 Å². The van der Waals surface area contributed by atoms with Gasteiger partial charge in [-0.05, 0) is 19.1 Å². The first-order chi connectivity index (χ1) is 8.72. The van der Waals surface area contributed by atoms with Gasteiger partial charge in [-0.25, -0.2) is 0 Å². The summed E-state index contributed by atoms with van der Waals surface area (Å²) in [6, 6.07) is 9.79. The number of carbonyl (C=O) groups is 1. The molecule has 0 bridgehead atoms. The van der Waals surface area contributed by atoms with Crippen molar-refractivity contribution in [2.24, 2.45) is 0 Å². The summed E-state index contributed by atoms with van der Waals surface area (Å²) in [6.45, 7) is 1.88. The summed E-state index contributed by atoms with van der Waals surface area (Å²) in [5, 5.41) is 8.79. The number of thioether (sulfide) groups is 1. The predicted octanol–water partition coefficient (Wildman–Crippen LogP) is 1.84. The lowest BCUT2D eigenvalue weighted by molar-refractivity contribution is -0.137. The van der Waals surface area contributed by atoms with Gasteiger partial charge < -0.3 is 4.74 Å². The average molecular weight is 263 g/mol. The molecule has 6 heteroatoms. The van der Waals surface area contributed by atoms with Crippen molar-refractivity contribution in [3.63, 3.8) is 0 Å². The Morgan fingerprint density at radius 3 is 2.72 bits per heavy atom. The third-order valence-electron chi connectivity index (χ3n) is 2.36. The van der Waals surface area contributed by atoms with E-state index in [2.05, 4.69) is 14.9 Å². The number of benzene rings is 1. The number of aryl methyl sites for hydroxylation is 1. The quantitative estimate of drug-likeness (QED) is 0.622. The van der Waals surface area contributed by atoms with E-state index in [1.54, 1.807) is 0 Å². The Morgan fingerprint density at radius 1 is 1.33 bits per heavy atom. The van der Waals surface area contributed by atoms with Crippen molar-refractivity contribution in [1.29, 1.82) is 0 Å².